The topological polar surface area (TPSA) is 35.5 Å². The molecule has 3 nitrogen and oxygen atoms in total. The smallest absolute Gasteiger partial charge is 0.0436 e. The normalized spacial score (nSPS) is 30.0. The molecule has 1 heterocycles. The molecule has 2 aliphatic rings. The van der Waals surface area contributed by atoms with Crippen LogP contribution < -0.4 is 5.32 Å². The molecule has 0 spiro atoms. The SMILES string of the molecule is CN1CCCC(NCC2(CCO)CC2)CC1. The van der Waals surface area contributed by atoms with Crippen LogP contribution in [0.5, 0.6) is 0 Å². The summed E-state index contributed by atoms with van der Waals surface area (Å²) in [4.78, 5) is 2.43. The molecular formula is C13H26N2O. The van der Waals surface area contributed by atoms with Crippen molar-refractivity contribution in [2.75, 3.05) is 33.3 Å². The van der Waals surface area contributed by atoms with E-state index in [0.717, 1.165) is 13.0 Å². The summed E-state index contributed by atoms with van der Waals surface area (Å²) < 4.78 is 0. The zero-order chi connectivity index (χ0) is 11.4. The molecule has 3 heteroatoms. The van der Waals surface area contributed by atoms with E-state index in [-0.39, 0.29) is 0 Å². The predicted molar refractivity (Wildman–Crippen MR) is 66.5 cm³/mol. The van der Waals surface area contributed by atoms with Crippen molar-refractivity contribution in [2.45, 2.75) is 44.6 Å². The number of aliphatic hydroxyl groups is 1. The number of nitrogens with one attached hydrogen (secondary N) is 1. The molecule has 16 heavy (non-hydrogen) atoms. The fourth-order valence-corrected chi connectivity index (χ4v) is 2.73. The standard InChI is InChI=1S/C13H26N2O/c1-15-8-2-3-12(4-9-15)14-11-13(5-6-13)7-10-16/h12,14,16H,2-11H2,1H3. The van der Waals surface area contributed by atoms with Crippen molar-refractivity contribution >= 4 is 0 Å². The highest BCUT2D eigenvalue weighted by molar-refractivity contribution is 4.95. The Labute approximate surface area is 99.2 Å². The van der Waals surface area contributed by atoms with Gasteiger partial charge in [0.15, 0.2) is 0 Å². The van der Waals surface area contributed by atoms with E-state index < -0.39 is 0 Å². The summed E-state index contributed by atoms with van der Waals surface area (Å²) in [5.74, 6) is 0. The van der Waals surface area contributed by atoms with Crippen LogP contribution in [0.1, 0.15) is 38.5 Å². The van der Waals surface area contributed by atoms with Gasteiger partial charge in [0.25, 0.3) is 0 Å². The van der Waals surface area contributed by atoms with E-state index in [1.54, 1.807) is 0 Å². The molecule has 1 aliphatic carbocycles. The zero-order valence-electron chi connectivity index (χ0n) is 10.5. The van der Waals surface area contributed by atoms with E-state index >= 15 is 0 Å². The van der Waals surface area contributed by atoms with E-state index in [2.05, 4.69) is 17.3 Å². The molecule has 1 saturated heterocycles. The fraction of sp³-hybridized carbons (Fsp3) is 1.00. The number of nitrogens with zero attached hydrogens (tertiary/aromatic N) is 1. The van der Waals surface area contributed by atoms with Crippen molar-refractivity contribution in [1.82, 2.24) is 10.2 Å². The molecule has 0 bridgehead atoms. The molecule has 94 valence electrons. The first-order chi connectivity index (χ1) is 7.74. The Morgan fingerprint density at radius 3 is 2.81 bits per heavy atom. The summed E-state index contributed by atoms with van der Waals surface area (Å²) in [6.07, 6.45) is 7.54. The third-order valence-corrected chi connectivity index (χ3v) is 4.32. The highest BCUT2D eigenvalue weighted by atomic mass is 16.3. The van der Waals surface area contributed by atoms with Gasteiger partial charge in [-0.05, 0) is 64.1 Å². The second-order valence-corrected chi connectivity index (χ2v) is 5.79. The molecule has 1 unspecified atom stereocenters. The minimum Gasteiger partial charge on any atom is -0.396 e. The molecular weight excluding hydrogens is 200 g/mol. The van der Waals surface area contributed by atoms with Crippen molar-refractivity contribution in [3.05, 3.63) is 0 Å². The van der Waals surface area contributed by atoms with Crippen LogP contribution in [0.15, 0.2) is 0 Å². The molecule has 0 radical (unpaired) electrons. The molecule has 1 aliphatic heterocycles. The second-order valence-electron chi connectivity index (χ2n) is 5.79. The summed E-state index contributed by atoms with van der Waals surface area (Å²) in [5.41, 5.74) is 0.465. The highest BCUT2D eigenvalue weighted by Crippen LogP contribution is 2.48. The minimum absolute atomic E-state index is 0.356. The van der Waals surface area contributed by atoms with Gasteiger partial charge in [-0.2, -0.15) is 0 Å². The monoisotopic (exact) mass is 226 g/mol. The number of rotatable bonds is 5. The number of aliphatic hydroxyl groups excluding tert-OH is 1. The van der Waals surface area contributed by atoms with Gasteiger partial charge in [-0.15, -0.1) is 0 Å². The lowest BCUT2D eigenvalue weighted by atomic mass is 10.0. The number of likely N-dealkylation sites (tertiary alicyclic amines) is 1. The average molecular weight is 226 g/mol. The van der Waals surface area contributed by atoms with E-state index in [1.807, 2.05) is 0 Å². The molecule has 0 aromatic heterocycles. The molecule has 2 rings (SSSR count). The molecule has 0 amide bonds. The highest BCUT2D eigenvalue weighted by Gasteiger charge is 2.41. The van der Waals surface area contributed by atoms with Crippen LogP contribution in [-0.2, 0) is 0 Å². The maximum Gasteiger partial charge on any atom is 0.0436 e. The van der Waals surface area contributed by atoms with Crippen LogP contribution in [0.25, 0.3) is 0 Å². The lowest BCUT2D eigenvalue weighted by Crippen LogP contribution is -2.35. The van der Waals surface area contributed by atoms with E-state index in [4.69, 9.17) is 5.11 Å². The molecule has 0 aromatic rings. The van der Waals surface area contributed by atoms with Gasteiger partial charge < -0.3 is 15.3 Å². The largest absolute Gasteiger partial charge is 0.396 e. The van der Waals surface area contributed by atoms with Crippen molar-refractivity contribution in [3.8, 4) is 0 Å². The lowest BCUT2D eigenvalue weighted by Gasteiger charge is -2.21. The zero-order valence-corrected chi connectivity index (χ0v) is 10.5. The van der Waals surface area contributed by atoms with Gasteiger partial charge in [-0.3, -0.25) is 0 Å². The summed E-state index contributed by atoms with van der Waals surface area (Å²) in [7, 11) is 2.22. The predicted octanol–water partition coefficient (Wildman–Crippen LogP) is 1.22. The van der Waals surface area contributed by atoms with Gasteiger partial charge in [-0.25, -0.2) is 0 Å². The van der Waals surface area contributed by atoms with Gasteiger partial charge in [0.05, 0.1) is 0 Å². The Balaban J connectivity index is 1.69. The van der Waals surface area contributed by atoms with Crippen LogP contribution in [0, 0.1) is 5.41 Å². The van der Waals surface area contributed by atoms with Gasteiger partial charge in [-0.1, -0.05) is 0 Å². The first kappa shape index (κ1) is 12.3. The van der Waals surface area contributed by atoms with Crippen molar-refractivity contribution in [3.63, 3.8) is 0 Å². The third kappa shape index (κ3) is 3.44. The van der Waals surface area contributed by atoms with Crippen molar-refractivity contribution < 1.29 is 5.11 Å². The van der Waals surface area contributed by atoms with Crippen LogP contribution in [0.4, 0.5) is 0 Å². The maximum atomic E-state index is 9.02. The maximum absolute atomic E-state index is 9.02. The van der Waals surface area contributed by atoms with E-state index in [0.29, 0.717) is 18.1 Å². The van der Waals surface area contributed by atoms with Gasteiger partial charge in [0.2, 0.25) is 0 Å². The van der Waals surface area contributed by atoms with Crippen LogP contribution in [0.3, 0.4) is 0 Å². The molecule has 0 aromatic carbocycles. The third-order valence-electron chi connectivity index (χ3n) is 4.32. The summed E-state index contributed by atoms with van der Waals surface area (Å²) in [5, 5.41) is 12.8. The van der Waals surface area contributed by atoms with Gasteiger partial charge in [0, 0.05) is 19.2 Å². The Kier molecular flexibility index (Phi) is 4.22. The molecule has 1 atom stereocenters. The Morgan fingerprint density at radius 1 is 1.31 bits per heavy atom. The quantitative estimate of drug-likeness (QED) is 0.740. The van der Waals surface area contributed by atoms with E-state index in [1.165, 1.54) is 45.2 Å². The Morgan fingerprint density at radius 2 is 2.12 bits per heavy atom. The lowest BCUT2D eigenvalue weighted by molar-refractivity contribution is 0.240. The number of hydrogen-bond donors (Lipinski definition) is 2. The number of hydrogen-bond acceptors (Lipinski definition) is 3. The second kappa shape index (κ2) is 5.48. The Bertz CT molecular complexity index is 216. The summed E-state index contributed by atoms with van der Waals surface area (Å²) in [6.45, 7) is 3.96. The summed E-state index contributed by atoms with van der Waals surface area (Å²) >= 11 is 0. The van der Waals surface area contributed by atoms with Gasteiger partial charge >= 0.3 is 0 Å². The van der Waals surface area contributed by atoms with Crippen LogP contribution in [-0.4, -0.2) is 49.3 Å². The van der Waals surface area contributed by atoms with Crippen LogP contribution in [0.2, 0.25) is 0 Å². The average Bonchev–Trinajstić information content (AvgIpc) is 3.03. The first-order valence-electron chi connectivity index (χ1n) is 6.77. The van der Waals surface area contributed by atoms with Gasteiger partial charge in [0.1, 0.15) is 0 Å². The Hall–Kier alpha value is -0.120. The van der Waals surface area contributed by atoms with Crippen LogP contribution >= 0.6 is 0 Å². The summed E-state index contributed by atoms with van der Waals surface area (Å²) in [6, 6.07) is 0.709. The van der Waals surface area contributed by atoms with Crippen molar-refractivity contribution in [2.24, 2.45) is 5.41 Å². The molecule has 2 N–H and O–H groups in total. The molecule has 2 fully saturated rings. The molecule has 1 saturated carbocycles. The van der Waals surface area contributed by atoms with E-state index in [9.17, 15) is 0 Å². The minimum atomic E-state index is 0.356. The van der Waals surface area contributed by atoms with Crippen molar-refractivity contribution in [1.29, 1.82) is 0 Å². The fourth-order valence-electron chi connectivity index (χ4n) is 2.73. The first-order valence-corrected chi connectivity index (χ1v) is 6.77.